The molecule has 2 aliphatic carbocycles. The van der Waals surface area contributed by atoms with Crippen LogP contribution in [0.25, 0.3) is 0 Å². The van der Waals surface area contributed by atoms with Crippen molar-refractivity contribution in [2.75, 3.05) is 11.9 Å². The lowest BCUT2D eigenvalue weighted by Gasteiger charge is -2.58. The number of rotatable bonds is 10. The van der Waals surface area contributed by atoms with Crippen LogP contribution in [0.2, 0.25) is 0 Å². The maximum Gasteiger partial charge on any atom is 0.226 e. The number of carbonyl (C=O) groups excluding carboxylic acids is 2. The first-order valence-corrected chi connectivity index (χ1v) is 14.4. The van der Waals surface area contributed by atoms with Gasteiger partial charge in [-0.05, 0) is 42.6 Å². The summed E-state index contributed by atoms with van der Waals surface area (Å²) in [5.74, 6) is -0.258. The molecule has 4 rings (SSSR count). The molecule has 2 amide bonds. The number of anilines is 1. The van der Waals surface area contributed by atoms with Crippen LogP contribution in [0.4, 0.5) is 5.13 Å². The number of hydrogen-bond acceptors (Lipinski definition) is 6. The molecule has 0 spiro atoms. The van der Waals surface area contributed by atoms with Crippen molar-refractivity contribution >= 4 is 28.3 Å². The summed E-state index contributed by atoms with van der Waals surface area (Å²) in [6.45, 7) is 6.62. The largest absolute Gasteiger partial charge is 0.396 e. The van der Waals surface area contributed by atoms with Gasteiger partial charge in [0.15, 0.2) is 5.13 Å². The minimum absolute atomic E-state index is 0.0123. The van der Waals surface area contributed by atoms with E-state index in [9.17, 15) is 19.8 Å². The highest BCUT2D eigenvalue weighted by molar-refractivity contribution is 7.15. The third-order valence-electron chi connectivity index (χ3n) is 8.87. The molecule has 1 saturated carbocycles. The van der Waals surface area contributed by atoms with Crippen molar-refractivity contribution in [2.45, 2.75) is 90.7 Å². The summed E-state index contributed by atoms with van der Waals surface area (Å²) < 4.78 is 0. The third kappa shape index (κ3) is 5.76. The van der Waals surface area contributed by atoms with Crippen molar-refractivity contribution < 1.29 is 19.8 Å². The summed E-state index contributed by atoms with van der Waals surface area (Å²) in [7, 11) is 0. The van der Waals surface area contributed by atoms with Gasteiger partial charge in [-0.25, -0.2) is 4.98 Å². The molecule has 1 fully saturated rings. The summed E-state index contributed by atoms with van der Waals surface area (Å²) in [6.07, 6.45) is 5.07. The van der Waals surface area contributed by atoms with Crippen LogP contribution in [-0.2, 0) is 22.6 Å². The molecule has 37 heavy (non-hydrogen) atoms. The van der Waals surface area contributed by atoms with Crippen LogP contribution < -0.4 is 10.6 Å². The maximum absolute atomic E-state index is 13.2. The van der Waals surface area contributed by atoms with E-state index < -0.39 is 11.5 Å². The number of fused-ring (bicyclic) bond motifs is 2. The summed E-state index contributed by atoms with van der Waals surface area (Å²) in [4.78, 5) is 31.7. The second-order valence-corrected chi connectivity index (χ2v) is 12.4. The van der Waals surface area contributed by atoms with E-state index in [1.807, 2.05) is 37.3 Å². The first-order valence-electron chi connectivity index (χ1n) is 13.6. The van der Waals surface area contributed by atoms with Crippen molar-refractivity contribution in [1.82, 2.24) is 10.3 Å². The molecule has 8 heteroatoms. The number of benzene rings is 1. The van der Waals surface area contributed by atoms with E-state index in [1.54, 1.807) is 0 Å². The molecule has 4 N–H and O–H groups in total. The fourth-order valence-corrected chi connectivity index (χ4v) is 7.56. The molecule has 2 aromatic rings. The van der Waals surface area contributed by atoms with Gasteiger partial charge in [-0.1, -0.05) is 63.9 Å². The Morgan fingerprint density at radius 1 is 1.16 bits per heavy atom. The van der Waals surface area contributed by atoms with Crippen LogP contribution in [0.1, 0.15) is 87.8 Å². The molecule has 202 valence electrons. The van der Waals surface area contributed by atoms with Gasteiger partial charge < -0.3 is 20.8 Å². The predicted octanol–water partition coefficient (Wildman–Crippen LogP) is 4.78. The van der Waals surface area contributed by atoms with Crippen LogP contribution in [0.15, 0.2) is 30.3 Å². The zero-order chi connectivity index (χ0) is 26.6. The van der Waals surface area contributed by atoms with Crippen LogP contribution >= 0.6 is 11.3 Å². The maximum atomic E-state index is 13.2. The molecular formula is C29H41N3O4S. The second kappa shape index (κ2) is 11.6. The minimum atomic E-state index is -0.670. The molecule has 5 unspecified atom stereocenters. The normalized spacial score (nSPS) is 28.7. The Labute approximate surface area is 224 Å². The van der Waals surface area contributed by atoms with Gasteiger partial charge in [-0.2, -0.15) is 0 Å². The average molecular weight is 528 g/mol. The van der Waals surface area contributed by atoms with Gasteiger partial charge in [0.1, 0.15) is 0 Å². The molecule has 0 saturated heterocycles. The van der Waals surface area contributed by atoms with Crippen molar-refractivity contribution in [3.05, 3.63) is 46.5 Å². The van der Waals surface area contributed by atoms with Gasteiger partial charge in [-0.3, -0.25) is 9.59 Å². The summed E-state index contributed by atoms with van der Waals surface area (Å²) in [6, 6.07) is 9.84. The van der Waals surface area contributed by atoms with Crippen molar-refractivity contribution in [1.29, 1.82) is 0 Å². The lowest BCUT2D eigenvalue weighted by atomic mass is 9.47. The van der Waals surface area contributed by atoms with Crippen molar-refractivity contribution in [3.8, 4) is 0 Å². The Morgan fingerprint density at radius 3 is 2.62 bits per heavy atom. The highest BCUT2D eigenvalue weighted by atomic mass is 32.1. The summed E-state index contributed by atoms with van der Waals surface area (Å²) >= 11 is 1.47. The van der Waals surface area contributed by atoms with E-state index in [0.29, 0.717) is 30.9 Å². The molecule has 7 nitrogen and oxygen atoms in total. The fourth-order valence-electron chi connectivity index (χ4n) is 6.47. The Balaban J connectivity index is 1.60. The van der Waals surface area contributed by atoms with E-state index in [2.05, 4.69) is 24.5 Å². The van der Waals surface area contributed by atoms with Gasteiger partial charge in [0.05, 0.1) is 18.4 Å². The summed E-state index contributed by atoms with van der Waals surface area (Å²) in [5, 5.41) is 28.0. The number of unbranched alkanes of at least 4 members (excludes halogenated alkanes) is 2. The summed E-state index contributed by atoms with van der Waals surface area (Å²) in [5.41, 5.74) is 0.945. The second-order valence-electron chi connectivity index (χ2n) is 11.3. The van der Waals surface area contributed by atoms with Crippen LogP contribution in [0.3, 0.4) is 0 Å². The number of carbonyl (C=O) groups is 2. The van der Waals surface area contributed by atoms with Crippen LogP contribution in [0, 0.1) is 16.7 Å². The molecule has 0 radical (unpaired) electrons. The molecule has 1 heterocycles. The zero-order valence-electron chi connectivity index (χ0n) is 22.3. The third-order valence-corrected chi connectivity index (χ3v) is 9.88. The van der Waals surface area contributed by atoms with Gasteiger partial charge >= 0.3 is 0 Å². The van der Waals surface area contributed by atoms with E-state index in [0.717, 1.165) is 41.8 Å². The molecule has 1 aromatic heterocycles. The highest BCUT2D eigenvalue weighted by Crippen LogP contribution is 2.62. The Hall–Kier alpha value is -2.29. The van der Waals surface area contributed by atoms with E-state index in [1.165, 1.54) is 11.3 Å². The predicted molar refractivity (Wildman–Crippen MR) is 146 cm³/mol. The SMILES string of the molecule is CCCCCC(=O)Nc1nc2c(s1)CC1C(C)(CO)C(O)CCC1(C)C2CC(=O)NCc1ccccc1. The molecule has 0 bridgehead atoms. The first kappa shape index (κ1) is 27.7. The van der Waals surface area contributed by atoms with Gasteiger partial charge in [-0.15, -0.1) is 11.3 Å². The molecule has 0 aliphatic heterocycles. The number of nitrogens with one attached hydrogen (secondary N) is 2. The first-order chi connectivity index (χ1) is 17.7. The Bertz CT molecular complexity index is 1090. The number of aliphatic hydroxyl groups is 2. The standard InChI is InChI=1S/C29H41N3O4S/c1-4-5-7-12-24(35)31-27-32-26-20(15-25(36)30-17-19-10-8-6-9-11-19)28(2)14-13-23(34)29(3,18-33)22(28)16-21(26)37-27/h6,8-11,20,22-23,33-34H,4-5,7,12-18H2,1-3H3,(H,30,36)(H,31,32,35). The van der Waals surface area contributed by atoms with Crippen molar-refractivity contribution in [3.63, 3.8) is 0 Å². The van der Waals surface area contributed by atoms with Gasteiger partial charge in [0.25, 0.3) is 0 Å². The quantitative estimate of drug-likeness (QED) is 0.332. The highest BCUT2D eigenvalue weighted by Gasteiger charge is 2.59. The topological polar surface area (TPSA) is 112 Å². The smallest absolute Gasteiger partial charge is 0.226 e. The minimum Gasteiger partial charge on any atom is -0.396 e. The number of thiazole rings is 1. The zero-order valence-corrected chi connectivity index (χ0v) is 23.1. The number of amides is 2. The number of hydrogen-bond donors (Lipinski definition) is 4. The Morgan fingerprint density at radius 2 is 1.92 bits per heavy atom. The monoisotopic (exact) mass is 527 g/mol. The molecule has 1 aromatic carbocycles. The van der Waals surface area contributed by atoms with Crippen LogP contribution in [0.5, 0.6) is 0 Å². The number of aromatic nitrogens is 1. The fraction of sp³-hybridized carbons (Fsp3) is 0.621. The molecule has 5 atom stereocenters. The van der Waals surface area contributed by atoms with Gasteiger partial charge in [0.2, 0.25) is 11.8 Å². The van der Waals surface area contributed by atoms with Crippen LogP contribution in [-0.4, -0.2) is 39.7 Å². The van der Waals surface area contributed by atoms with E-state index in [4.69, 9.17) is 4.98 Å². The number of aliphatic hydroxyl groups excluding tert-OH is 2. The van der Waals surface area contributed by atoms with Crippen molar-refractivity contribution in [2.24, 2.45) is 16.7 Å². The van der Waals surface area contributed by atoms with E-state index >= 15 is 0 Å². The Kier molecular flexibility index (Phi) is 8.71. The lowest BCUT2D eigenvalue weighted by molar-refractivity contribution is -0.144. The van der Waals surface area contributed by atoms with Gasteiger partial charge in [0, 0.05) is 35.6 Å². The van der Waals surface area contributed by atoms with E-state index in [-0.39, 0.29) is 42.1 Å². The molecule has 2 aliphatic rings. The lowest BCUT2D eigenvalue weighted by Crippen LogP contribution is -2.57. The number of nitrogens with zero attached hydrogens (tertiary/aromatic N) is 1. The average Bonchev–Trinajstić information content (AvgIpc) is 3.29. The molecular weight excluding hydrogens is 486 g/mol.